The Hall–Kier alpha value is -0.900. The number of nitrogens with zero attached hydrogens (tertiary/aromatic N) is 1. The molecule has 112 valence electrons. The normalized spacial score (nSPS) is 19.6. The molecule has 1 atom stereocenters. The average Bonchev–Trinajstić information content (AvgIpc) is 2.91. The van der Waals surface area contributed by atoms with Crippen molar-refractivity contribution in [3.05, 3.63) is 35.9 Å². The molecule has 0 saturated carbocycles. The monoisotopic (exact) mass is 276 g/mol. The van der Waals surface area contributed by atoms with Crippen molar-refractivity contribution >= 4 is 0 Å². The summed E-state index contributed by atoms with van der Waals surface area (Å²) < 4.78 is 5.50. The Labute approximate surface area is 123 Å². The predicted octanol–water partition coefficient (Wildman–Crippen LogP) is 2.67. The standard InChI is InChI=1S/C17H28N2O/c1-2-12-20-13-6-10-18-17-9-11-19(15-17)14-16-7-4-3-5-8-16/h3-5,7-8,17-18H,2,6,9-15H2,1H3. The number of likely N-dealkylation sites (tertiary alicyclic amines) is 1. The third kappa shape index (κ3) is 5.61. The van der Waals surface area contributed by atoms with Crippen molar-refractivity contribution < 1.29 is 4.74 Å². The minimum absolute atomic E-state index is 0.657. The van der Waals surface area contributed by atoms with Crippen molar-refractivity contribution in [2.75, 3.05) is 32.8 Å². The number of ether oxygens (including phenoxy) is 1. The van der Waals surface area contributed by atoms with Crippen molar-refractivity contribution in [3.63, 3.8) is 0 Å². The average molecular weight is 276 g/mol. The van der Waals surface area contributed by atoms with Gasteiger partial charge in [-0.2, -0.15) is 0 Å². The van der Waals surface area contributed by atoms with E-state index in [1.165, 1.54) is 25.1 Å². The second kappa shape index (κ2) is 9.11. The van der Waals surface area contributed by atoms with E-state index < -0.39 is 0 Å². The van der Waals surface area contributed by atoms with E-state index in [9.17, 15) is 0 Å². The van der Waals surface area contributed by atoms with E-state index in [1.54, 1.807) is 0 Å². The summed E-state index contributed by atoms with van der Waals surface area (Å²) in [5.74, 6) is 0. The summed E-state index contributed by atoms with van der Waals surface area (Å²) in [6, 6.07) is 11.4. The van der Waals surface area contributed by atoms with Gasteiger partial charge in [-0.3, -0.25) is 4.90 Å². The molecule has 1 aliphatic rings. The van der Waals surface area contributed by atoms with E-state index in [1.807, 2.05) is 0 Å². The zero-order valence-corrected chi connectivity index (χ0v) is 12.7. The highest BCUT2D eigenvalue weighted by atomic mass is 16.5. The lowest BCUT2D eigenvalue weighted by molar-refractivity contribution is 0.131. The lowest BCUT2D eigenvalue weighted by Crippen LogP contribution is -2.33. The van der Waals surface area contributed by atoms with Gasteiger partial charge in [0, 0.05) is 38.9 Å². The molecule has 1 aromatic carbocycles. The summed E-state index contributed by atoms with van der Waals surface area (Å²) in [5.41, 5.74) is 1.42. The molecule has 0 amide bonds. The zero-order valence-electron chi connectivity index (χ0n) is 12.7. The number of hydrogen-bond donors (Lipinski definition) is 1. The highest BCUT2D eigenvalue weighted by molar-refractivity contribution is 5.14. The Bertz CT molecular complexity index is 355. The van der Waals surface area contributed by atoms with Gasteiger partial charge in [-0.15, -0.1) is 0 Å². The quantitative estimate of drug-likeness (QED) is 0.702. The first kappa shape index (κ1) is 15.5. The van der Waals surface area contributed by atoms with Crippen LogP contribution in [0, 0.1) is 0 Å². The minimum atomic E-state index is 0.657. The fourth-order valence-corrected chi connectivity index (χ4v) is 2.71. The van der Waals surface area contributed by atoms with Gasteiger partial charge in [0.2, 0.25) is 0 Å². The van der Waals surface area contributed by atoms with Crippen LogP contribution in [0.2, 0.25) is 0 Å². The van der Waals surface area contributed by atoms with E-state index in [2.05, 4.69) is 47.5 Å². The summed E-state index contributed by atoms with van der Waals surface area (Å²) in [7, 11) is 0. The number of benzene rings is 1. The molecule has 3 heteroatoms. The Morgan fingerprint density at radius 3 is 2.90 bits per heavy atom. The van der Waals surface area contributed by atoms with E-state index in [4.69, 9.17) is 4.74 Å². The van der Waals surface area contributed by atoms with Crippen LogP contribution in [-0.2, 0) is 11.3 Å². The van der Waals surface area contributed by atoms with Crippen LogP contribution in [0.15, 0.2) is 30.3 Å². The van der Waals surface area contributed by atoms with Crippen molar-refractivity contribution in [3.8, 4) is 0 Å². The van der Waals surface area contributed by atoms with Crippen molar-refractivity contribution in [1.82, 2.24) is 10.2 Å². The van der Waals surface area contributed by atoms with Gasteiger partial charge in [0.05, 0.1) is 0 Å². The highest BCUT2D eigenvalue weighted by Crippen LogP contribution is 2.13. The van der Waals surface area contributed by atoms with Crippen LogP contribution in [0.1, 0.15) is 31.7 Å². The maximum atomic E-state index is 5.50. The lowest BCUT2D eigenvalue weighted by atomic mass is 10.2. The molecule has 1 saturated heterocycles. The number of rotatable bonds is 9. The Balaban J connectivity index is 1.56. The molecule has 1 heterocycles. The molecule has 1 fully saturated rings. The molecular weight excluding hydrogens is 248 g/mol. The fourth-order valence-electron chi connectivity index (χ4n) is 2.71. The smallest absolute Gasteiger partial charge is 0.0478 e. The molecule has 0 bridgehead atoms. The van der Waals surface area contributed by atoms with Crippen LogP contribution in [-0.4, -0.2) is 43.8 Å². The lowest BCUT2D eigenvalue weighted by Gasteiger charge is -2.16. The first-order valence-electron chi connectivity index (χ1n) is 7.96. The Morgan fingerprint density at radius 1 is 1.25 bits per heavy atom. The molecule has 0 spiro atoms. The predicted molar refractivity (Wildman–Crippen MR) is 83.9 cm³/mol. The minimum Gasteiger partial charge on any atom is -0.381 e. The molecule has 20 heavy (non-hydrogen) atoms. The number of nitrogens with one attached hydrogen (secondary N) is 1. The van der Waals surface area contributed by atoms with Crippen LogP contribution in [0.25, 0.3) is 0 Å². The van der Waals surface area contributed by atoms with E-state index >= 15 is 0 Å². The Kier molecular flexibility index (Phi) is 7.06. The summed E-state index contributed by atoms with van der Waals surface area (Å²) in [4.78, 5) is 2.54. The summed E-state index contributed by atoms with van der Waals surface area (Å²) in [6.45, 7) is 8.48. The topological polar surface area (TPSA) is 24.5 Å². The summed E-state index contributed by atoms with van der Waals surface area (Å²) in [6.07, 6.45) is 3.50. The second-order valence-corrected chi connectivity index (χ2v) is 5.63. The largest absolute Gasteiger partial charge is 0.381 e. The van der Waals surface area contributed by atoms with Crippen LogP contribution in [0.5, 0.6) is 0 Å². The molecule has 0 aliphatic carbocycles. The second-order valence-electron chi connectivity index (χ2n) is 5.63. The molecule has 3 nitrogen and oxygen atoms in total. The van der Waals surface area contributed by atoms with Crippen LogP contribution >= 0.6 is 0 Å². The Morgan fingerprint density at radius 2 is 2.10 bits per heavy atom. The van der Waals surface area contributed by atoms with Crippen LogP contribution in [0.4, 0.5) is 0 Å². The molecule has 0 radical (unpaired) electrons. The maximum Gasteiger partial charge on any atom is 0.0478 e. The fraction of sp³-hybridized carbons (Fsp3) is 0.647. The van der Waals surface area contributed by atoms with Gasteiger partial charge < -0.3 is 10.1 Å². The van der Waals surface area contributed by atoms with E-state index in [-0.39, 0.29) is 0 Å². The third-order valence-corrected chi connectivity index (χ3v) is 3.77. The third-order valence-electron chi connectivity index (χ3n) is 3.77. The SMILES string of the molecule is CCCOCCCNC1CCN(Cc2ccccc2)C1. The molecule has 0 aromatic heterocycles. The molecule has 2 rings (SSSR count). The van der Waals surface area contributed by atoms with Gasteiger partial charge in [0.1, 0.15) is 0 Å². The summed E-state index contributed by atoms with van der Waals surface area (Å²) in [5, 5.41) is 3.65. The van der Waals surface area contributed by atoms with E-state index in [0.717, 1.165) is 39.1 Å². The van der Waals surface area contributed by atoms with Gasteiger partial charge in [0.25, 0.3) is 0 Å². The van der Waals surface area contributed by atoms with Gasteiger partial charge in [-0.05, 0) is 31.4 Å². The zero-order chi connectivity index (χ0) is 14.0. The van der Waals surface area contributed by atoms with Gasteiger partial charge >= 0.3 is 0 Å². The molecule has 1 unspecified atom stereocenters. The molecule has 1 N–H and O–H groups in total. The highest BCUT2D eigenvalue weighted by Gasteiger charge is 2.21. The first-order chi connectivity index (χ1) is 9.88. The van der Waals surface area contributed by atoms with Gasteiger partial charge in [-0.25, -0.2) is 0 Å². The first-order valence-corrected chi connectivity index (χ1v) is 7.96. The number of hydrogen-bond acceptors (Lipinski definition) is 3. The van der Waals surface area contributed by atoms with Gasteiger partial charge in [0.15, 0.2) is 0 Å². The summed E-state index contributed by atoms with van der Waals surface area (Å²) >= 11 is 0. The van der Waals surface area contributed by atoms with Crippen LogP contribution in [0.3, 0.4) is 0 Å². The van der Waals surface area contributed by atoms with Crippen molar-refractivity contribution in [2.24, 2.45) is 0 Å². The molecule has 1 aromatic rings. The van der Waals surface area contributed by atoms with Crippen LogP contribution < -0.4 is 5.32 Å². The van der Waals surface area contributed by atoms with Crippen molar-refractivity contribution in [1.29, 1.82) is 0 Å². The molecular formula is C17H28N2O. The maximum absolute atomic E-state index is 5.50. The van der Waals surface area contributed by atoms with E-state index in [0.29, 0.717) is 6.04 Å². The van der Waals surface area contributed by atoms with Crippen molar-refractivity contribution in [2.45, 2.75) is 38.8 Å². The van der Waals surface area contributed by atoms with Gasteiger partial charge in [-0.1, -0.05) is 37.3 Å². The molecule has 1 aliphatic heterocycles.